The number of ether oxygens (including phenoxy) is 2. The lowest BCUT2D eigenvalue weighted by molar-refractivity contribution is 0.174. The van der Waals surface area contributed by atoms with E-state index >= 15 is 0 Å². The third-order valence-electron chi connectivity index (χ3n) is 3.69. The Labute approximate surface area is 148 Å². The third kappa shape index (κ3) is 3.56. The average molecular weight is 353 g/mol. The third-order valence-corrected chi connectivity index (χ3v) is 4.51. The smallest absolute Gasteiger partial charge is 0.319 e. The molecule has 6 nitrogen and oxygen atoms in total. The first kappa shape index (κ1) is 15.5. The van der Waals surface area contributed by atoms with Gasteiger partial charge >= 0.3 is 6.03 Å². The lowest BCUT2D eigenvalue weighted by Crippen LogP contribution is -2.28. The minimum atomic E-state index is -0.269. The van der Waals surface area contributed by atoms with Gasteiger partial charge in [0.25, 0.3) is 0 Å². The molecule has 4 rings (SSSR count). The van der Waals surface area contributed by atoms with E-state index in [1.165, 1.54) is 0 Å². The molecule has 126 valence electrons. The van der Waals surface area contributed by atoms with Crippen molar-refractivity contribution in [2.24, 2.45) is 0 Å². The molecule has 0 spiro atoms. The van der Waals surface area contributed by atoms with Gasteiger partial charge in [-0.15, -0.1) is 11.3 Å². The molecule has 1 aromatic heterocycles. The second kappa shape index (κ2) is 6.82. The average Bonchev–Trinajstić information content (AvgIpc) is 3.31. The van der Waals surface area contributed by atoms with E-state index in [0.29, 0.717) is 12.3 Å². The lowest BCUT2D eigenvalue weighted by Gasteiger charge is -2.09. The van der Waals surface area contributed by atoms with E-state index in [2.05, 4.69) is 15.6 Å². The van der Waals surface area contributed by atoms with Crippen molar-refractivity contribution >= 4 is 23.1 Å². The lowest BCUT2D eigenvalue weighted by atomic mass is 10.2. The van der Waals surface area contributed by atoms with Crippen LogP contribution in [0.2, 0.25) is 0 Å². The highest BCUT2D eigenvalue weighted by Gasteiger charge is 2.13. The molecule has 2 aromatic carbocycles. The zero-order valence-electron chi connectivity index (χ0n) is 13.2. The molecular weight excluding hydrogens is 338 g/mol. The van der Waals surface area contributed by atoms with E-state index < -0.39 is 0 Å². The van der Waals surface area contributed by atoms with Gasteiger partial charge in [-0.3, -0.25) is 0 Å². The molecule has 2 amide bonds. The van der Waals surface area contributed by atoms with Crippen LogP contribution in [0, 0.1) is 0 Å². The zero-order valence-corrected chi connectivity index (χ0v) is 14.0. The monoisotopic (exact) mass is 353 g/mol. The Bertz CT molecular complexity index is 896. The zero-order chi connectivity index (χ0) is 17.1. The Kier molecular flexibility index (Phi) is 4.22. The Balaban J connectivity index is 1.37. The van der Waals surface area contributed by atoms with Crippen molar-refractivity contribution in [3.8, 4) is 22.1 Å². The highest BCUT2D eigenvalue weighted by Crippen LogP contribution is 2.32. The summed E-state index contributed by atoms with van der Waals surface area (Å²) in [7, 11) is 0. The number of aromatic nitrogens is 1. The standard InChI is InChI=1S/C18H15N3O3S/c22-18(20-10-12-4-5-15-16(8-12)24-11-23-15)21-14-3-1-2-13(9-14)17-19-6-7-25-17/h1-9H,10-11H2,(H2,20,21,22). The fourth-order valence-electron chi connectivity index (χ4n) is 2.50. The van der Waals surface area contributed by atoms with E-state index in [9.17, 15) is 4.79 Å². The van der Waals surface area contributed by atoms with Crippen LogP contribution in [0.4, 0.5) is 10.5 Å². The van der Waals surface area contributed by atoms with Crippen molar-refractivity contribution in [2.75, 3.05) is 12.1 Å². The fourth-order valence-corrected chi connectivity index (χ4v) is 3.14. The summed E-state index contributed by atoms with van der Waals surface area (Å²) in [6.45, 7) is 0.636. The van der Waals surface area contributed by atoms with Crippen molar-refractivity contribution < 1.29 is 14.3 Å². The number of anilines is 1. The van der Waals surface area contributed by atoms with Crippen LogP contribution >= 0.6 is 11.3 Å². The summed E-state index contributed by atoms with van der Waals surface area (Å²) in [6, 6.07) is 12.9. The molecule has 0 fully saturated rings. The number of hydrogen-bond donors (Lipinski definition) is 2. The number of amides is 2. The van der Waals surface area contributed by atoms with Crippen molar-refractivity contribution in [2.45, 2.75) is 6.54 Å². The van der Waals surface area contributed by atoms with Crippen LogP contribution in [0.3, 0.4) is 0 Å². The number of thiazole rings is 1. The molecule has 0 aliphatic carbocycles. The predicted molar refractivity (Wildman–Crippen MR) is 96.0 cm³/mol. The van der Waals surface area contributed by atoms with Crippen molar-refractivity contribution in [3.63, 3.8) is 0 Å². The largest absolute Gasteiger partial charge is 0.454 e. The second-order valence-corrected chi connectivity index (χ2v) is 6.31. The van der Waals surface area contributed by atoms with Crippen molar-refractivity contribution in [3.05, 3.63) is 59.6 Å². The Morgan fingerprint density at radius 3 is 2.96 bits per heavy atom. The maximum absolute atomic E-state index is 12.1. The van der Waals surface area contributed by atoms with Crippen LogP contribution < -0.4 is 20.1 Å². The summed E-state index contributed by atoms with van der Waals surface area (Å²) >= 11 is 1.56. The summed E-state index contributed by atoms with van der Waals surface area (Å²) in [4.78, 5) is 16.4. The van der Waals surface area contributed by atoms with Crippen LogP contribution in [-0.4, -0.2) is 17.8 Å². The molecular formula is C18H15N3O3S. The molecule has 1 aliphatic heterocycles. The summed E-state index contributed by atoms with van der Waals surface area (Å²) in [5, 5.41) is 8.52. The van der Waals surface area contributed by atoms with Gasteiger partial charge in [-0.25, -0.2) is 9.78 Å². The molecule has 3 aromatic rings. The van der Waals surface area contributed by atoms with Gasteiger partial charge in [0.1, 0.15) is 5.01 Å². The van der Waals surface area contributed by atoms with E-state index in [0.717, 1.165) is 27.6 Å². The number of urea groups is 1. The predicted octanol–water partition coefficient (Wildman–Crippen LogP) is 3.86. The molecule has 0 atom stereocenters. The highest BCUT2D eigenvalue weighted by atomic mass is 32.1. The first-order valence-corrected chi connectivity index (χ1v) is 8.59. The number of benzene rings is 2. The normalized spacial score (nSPS) is 12.0. The van der Waals surface area contributed by atoms with Gasteiger partial charge < -0.3 is 20.1 Å². The van der Waals surface area contributed by atoms with E-state index in [4.69, 9.17) is 9.47 Å². The van der Waals surface area contributed by atoms with Crippen LogP contribution in [0.25, 0.3) is 10.6 Å². The Morgan fingerprint density at radius 2 is 2.08 bits per heavy atom. The topological polar surface area (TPSA) is 72.5 Å². The molecule has 0 saturated carbocycles. The number of carbonyl (C=O) groups excluding carboxylic acids is 1. The number of nitrogens with zero attached hydrogens (tertiary/aromatic N) is 1. The van der Waals surface area contributed by atoms with Crippen molar-refractivity contribution in [1.29, 1.82) is 0 Å². The van der Waals surface area contributed by atoms with Crippen LogP contribution in [0.1, 0.15) is 5.56 Å². The second-order valence-electron chi connectivity index (χ2n) is 5.41. The highest BCUT2D eigenvalue weighted by molar-refractivity contribution is 7.13. The van der Waals surface area contributed by atoms with Gasteiger partial charge in [-0.05, 0) is 29.8 Å². The minimum Gasteiger partial charge on any atom is -0.454 e. The molecule has 2 N–H and O–H groups in total. The summed E-state index contributed by atoms with van der Waals surface area (Å²) in [5.74, 6) is 1.43. The molecule has 0 unspecified atom stereocenters. The Hall–Kier alpha value is -3.06. The number of hydrogen-bond acceptors (Lipinski definition) is 5. The molecule has 2 heterocycles. The van der Waals surface area contributed by atoms with Gasteiger partial charge in [0.2, 0.25) is 6.79 Å². The maximum Gasteiger partial charge on any atom is 0.319 e. The Morgan fingerprint density at radius 1 is 1.16 bits per heavy atom. The maximum atomic E-state index is 12.1. The first-order valence-electron chi connectivity index (χ1n) is 7.71. The molecule has 25 heavy (non-hydrogen) atoms. The molecule has 7 heteroatoms. The summed E-state index contributed by atoms with van der Waals surface area (Å²) in [6.07, 6.45) is 1.76. The number of nitrogens with one attached hydrogen (secondary N) is 2. The minimum absolute atomic E-state index is 0.238. The number of carbonyl (C=O) groups is 1. The van der Waals surface area contributed by atoms with Gasteiger partial charge in [-0.2, -0.15) is 0 Å². The van der Waals surface area contributed by atoms with E-state index in [-0.39, 0.29) is 12.8 Å². The van der Waals surface area contributed by atoms with Crippen LogP contribution in [0.5, 0.6) is 11.5 Å². The van der Waals surface area contributed by atoms with Crippen molar-refractivity contribution in [1.82, 2.24) is 10.3 Å². The fraction of sp³-hybridized carbons (Fsp3) is 0.111. The first-order chi connectivity index (χ1) is 12.3. The number of rotatable bonds is 4. The van der Waals surface area contributed by atoms with Crippen LogP contribution in [0.15, 0.2) is 54.0 Å². The summed E-state index contributed by atoms with van der Waals surface area (Å²) in [5.41, 5.74) is 2.63. The molecule has 1 aliphatic rings. The SMILES string of the molecule is O=C(NCc1ccc2c(c1)OCO2)Nc1cccc(-c2nccs2)c1. The van der Waals surface area contributed by atoms with Gasteiger partial charge in [0, 0.05) is 29.4 Å². The molecule has 0 bridgehead atoms. The van der Waals surface area contributed by atoms with E-state index in [1.54, 1.807) is 17.5 Å². The number of fused-ring (bicyclic) bond motifs is 1. The van der Waals surface area contributed by atoms with E-state index in [1.807, 2.05) is 47.8 Å². The molecule has 0 saturated heterocycles. The molecule has 0 radical (unpaired) electrons. The van der Waals surface area contributed by atoms with Gasteiger partial charge in [0.05, 0.1) is 0 Å². The van der Waals surface area contributed by atoms with Crippen LogP contribution in [-0.2, 0) is 6.54 Å². The summed E-state index contributed by atoms with van der Waals surface area (Å²) < 4.78 is 10.6. The quantitative estimate of drug-likeness (QED) is 0.747. The van der Waals surface area contributed by atoms with Gasteiger partial charge in [-0.1, -0.05) is 18.2 Å². The van der Waals surface area contributed by atoms with Gasteiger partial charge in [0.15, 0.2) is 11.5 Å².